The lowest BCUT2D eigenvalue weighted by atomic mass is 10.6. The lowest BCUT2D eigenvalue weighted by molar-refractivity contribution is 0.136. The smallest absolute Gasteiger partial charge is 0.409 e. The number of rotatable bonds is 9. The van der Waals surface area contributed by atoms with E-state index in [1.54, 1.807) is 13.8 Å². The number of nitrogens with one attached hydrogen (secondary N) is 1. The van der Waals surface area contributed by atoms with Crippen molar-refractivity contribution in [1.29, 1.82) is 0 Å². The van der Waals surface area contributed by atoms with Gasteiger partial charge >= 0.3 is 13.7 Å². The molecule has 1 unspecified atom stereocenters. The molecule has 0 radical (unpaired) electrons. The van der Waals surface area contributed by atoms with Crippen LogP contribution in [0.5, 0.6) is 0 Å². The van der Waals surface area contributed by atoms with Gasteiger partial charge in [-0.05, 0) is 13.8 Å². The maximum Gasteiger partial charge on any atom is 0.409 e. The Morgan fingerprint density at radius 2 is 2.00 bits per heavy atom. The summed E-state index contributed by atoms with van der Waals surface area (Å²) in [5.41, 5.74) is 0.543. The number of halogens is 4. The number of carbonyl (C=O) groups excluding carboxylic acids is 1. The lowest BCUT2D eigenvalue weighted by Crippen LogP contribution is -2.35. The number of alkyl carbamates (subject to hydrolysis) is 1. The maximum absolute atomic E-state index is 13.1. The fourth-order valence-corrected chi connectivity index (χ4v) is 3.78. The maximum atomic E-state index is 13.1. The highest BCUT2D eigenvalue weighted by molar-refractivity contribution is 9.08. The first-order valence-electron chi connectivity index (χ1n) is 7.00. The molecule has 144 valence electrons. The molecule has 1 aromatic heterocycles. The van der Waals surface area contributed by atoms with E-state index in [4.69, 9.17) is 48.6 Å². The van der Waals surface area contributed by atoms with Gasteiger partial charge in [-0.1, -0.05) is 55.9 Å². The second-order valence-electron chi connectivity index (χ2n) is 4.41. The molecule has 1 atom stereocenters. The van der Waals surface area contributed by atoms with Crippen LogP contribution in [0.15, 0.2) is 6.20 Å². The molecule has 9 nitrogen and oxygen atoms in total. The van der Waals surface area contributed by atoms with Crippen LogP contribution in [0, 0.1) is 0 Å². The molecule has 25 heavy (non-hydrogen) atoms. The van der Waals surface area contributed by atoms with Crippen molar-refractivity contribution in [1.82, 2.24) is 20.3 Å². The molecule has 1 rings (SSSR count). The first kappa shape index (κ1) is 23.0. The van der Waals surface area contributed by atoms with Crippen LogP contribution in [0.2, 0.25) is 0 Å². The standard InChI is InChI=1S/C11H17BrCl3N4O5P/c1-3-23-25(21,24-4-2)9(19-6-8(5-12)17-18-19)16-10(20)22-7-11(13,14)15/h6,9H,3-5,7H2,1-2H3,(H,16,20). The van der Waals surface area contributed by atoms with Crippen molar-refractivity contribution in [2.75, 3.05) is 19.8 Å². The zero-order valence-corrected chi connectivity index (χ0v) is 18.1. The average Bonchev–Trinajstić information content (AvgIpc) is 2.99. The minimum atomic E-state index is -3.83. The van der Waals surface area contributed by atoms with Crippen LogP contribution in [0.3, 0.4) is 0 Å². The molecule has 0 saturated carbocycles. The van der Waals surface area contributed by atoms with E-state index in [1.807, 2.05) is 0 Å². The normalized spacial score (nSPS) is 13.5. The molecular weight excluding hydrogens is 485 g/mol. The van der Waals surface area contributed by atoms with Gasteiger partial charge in [-0.15, -0.1) is 5.10 Å². The fourth-order valence-electron chi connectivity index (χ4n) is 1.62. The third kappa shape index (κ3) is 7.58. The number of ether oxygens (including phenoxy) is 1. The summed E-state index contributed by atoms with van der Waals surface area (Å²) in [6, 6.07) is 0. The van der Waals surface area contributed by atoms with Crippen LogP contribution < -0.4 is 5.32 Å². The SMILES string of the molecule is CCOP(=O)(OCC)C(NC(=O)OCC(Cl)(Cl)Cl)n1cc(CBr)nn1. The van der Waals surface area contributed by atoms with E-state index in [0.717, 1.165) is 4.68 Å². The third-order valence-corrected chi connectivity index (χ3v) is 5.58. The van der Waals surface area contributed by atoms with Gasteiger partial charge in [0.05, 0.1) is 25.1 Å². The Hall–Kier alpha value is -0.0900. The van der Waals surface area contributed by atoms with Crippen LogP contribution in [0.1, 0.15) is 25.4 Å². The quantitative estimate of drug-likeness (QED) is 0.402. The number of hydrogen-bond acceptors (Lipinski definition) is 7. The minimum Gasteiger partial charge on any atom is -0.445 e. The number of aromatic nitrogens is 3. The van der Waals surface area contributed by atoms with Crippen molar-refractivity contribution in [3.8, 4) is 0 Å². The predicted molar refractivity (Wildman–Crippen MR) is 97.3 cm³/mol. The number of amides is 1. The first-order valence-corrected chi connectivity index (χ1v) is 10.9. The molecule has 0 aliphatic carbocycles. The number of nitrogens with zero attached hydrogens (tertiary/aromatic N) is 3. The molecule has 1 N–H and O–H groups in total. The first-order chi connectivity index (χ1) is 11.6. The van der Waals surface area contributed by atoms with Gasteiger partial charge in [-0.2, -0.15) is 0 Å². The highest BCUT2D eigenvalue weighted by atomic mass is 79.9. The van der Waals surface area contributed by atoms with Gasteiger partial charge in [-0.3, -0.25) is 9.88 Å². The molecule has 0 spiro atoms. The molecule has 0 saturated heterocycles. The number of carbonyl (C=O) groups is 1. The Bertz CT molecular complexity index is 605. The topological polar surface area (TPSA) is 105 Å². The van der Waals surface area contributed by atoms with E-state index in [9.17, 15) is 9.36 Å². The third-order valence-electron chi connectivity index (χ3n) is 2.48. The van der Waals surface area contributed by atoms with E-state index in [-0.39, 0.29) is 13.2 Å². The van der Waals surface area contributed by atoms with E-state index in [0.29, 0.717) is 11.0 Å². The largest absolute Gasteiger partial charge is 0.445 e. The zero-order valence-electron chi connectivity index (χ0n) is 13.3. The van der Waals surface area contributed by atoms with Gasteiger partial charge in [0, 0.05) is 5.33 Å². The van der Waals surface area contributed by atoms with Crippen molar-refractivity contribution in [2.24, 2.45) is 0 Å². The Morgan fingerprint density at radius 3 is 2.44 bits per heavy atom. The van der Waals surface area contributed by atoms with E-state index in [2.05, 4.69) is 31.6 Å². The van der Waals surface area contributed by atoms with E-state index in [1.165, 1.54) is 6.20 Å². The van der Waals surface area contributed by atoms with Crippen LogP contribution in [-0.4, -0.2) is 44.7 Å². The lowest BCUT2D eigenvalue weighted by Gasteiger charge is -2.26. The second-order valence-corrected chi connectivity index (χ2v) is 9.57. The van der Waals surface area contributed by atoms with Crippen LogP contribution in [0.25, 0.3) is 0 Å². The highest BCUT2D eigenvalue weighted by Gasteiger charge is 2.40. The molecule has 0 aliphatic rings. The van der Waals surface area contributed by atoms with Gasteiger partial charge in [-0.25, -0.2) is 9.48 Å². The zero-order chi connectivity index (χ0) is 19.1. The number of hydrogen-bond donors (Lipinski definition) is 1. The summed E-state index contributed by atoms with van der Waals surface area (Å²) in [5.74, 6) is -1.31. The highest BCUT2D eigenvalue weighted by Crippen LogP contribution is 2.57. The molecule has 1 heterocycles. The van der Waals surface area contributed by atoms with Crippen molar-refractivity contribution in [2.45, 2.75) is 28.9 Å². The molecule has 1 amide bonds. The second kappa shape index (κ2) is 10.3. The summed E-state index contributed by atoms with van der Waals surface area (Å²) in [6.07, 6.45) is 0.478. The van der Waals surface area contributed by atoms with Crippen molar-refractivity contribution in [3.05, 3.63) is 11.9 Å². The minimum absolute atomic E-state index is 0.0820. The van der Waals surface area contributed by atoms with Crippen LogP contribution in [0.4, 0.5) is 4.79 Å². The van der Waals surface area contributed by atoms with Crippen molar-refractivity contribution < 1.29 is 23.1 Å². The Balaban J connectivity index is 3.06. The Morgan fingerprint density at radius 1 is 1.40 bits per heavy atom. The summed E-state index contributed by atoms with van der Waals surface area (Å²) in [4.78, 5) is 12.0. The fraction of sp³-hybridized carbons (Fsp3) is 0.727. The number of alkyl halides is 4. The van der Waals surface area contributed by atoms with Crippen molar-refractivity contribution >= 4 is 64.4 Å². The summed E-state index contributed by atoms with van der Waals surface area (Å²) in [7, 11) is -3.83. The summed E-state index contributed by atoms with van der Waals surface area (Å²) >= 11 is 19.8. The summed E-state index contributed by atoms with van der Waals surface area (Å²) < 4.78 is 27.7. The Labute approximate surface area is 168 Å². The summed E-state index contributed by atoms with van der Waals surface area (Å²) in [6.45, 7) is 2.93. The summed E-state index contributed by atoms with van der Waals surface area (Å²) in [5, 5.41) is 10.5. The molecule has 0 fully saturated rings. The molecule has 0 bridgehead atoms. The van der Waals surface area contributed by atoms with E-state index >= 15 is 0 Å². The van der Waals surface area contributed by atoms with Gasteiger partial charge in [0.1, 0.15) is 6.61 Å². The molecular formula is C11H17BrCl3N4O5P. The van der Waals surface area contributed by atoms with Crippen LogP contribution >= 0.6 is 58.3 Å². The molecule has 14 heteroatoms. The van der Waals surface area contributed by atoms with Gasteiger partial charge in [0.2, 0.25) is 9.70 Å². The average molecular weight is 503 g/mol. The van der Waals surface area contributed by atoms with Gasteiger partial charge in [0.15, 0.2) is 0 Å². The molecule has 0 aromatic carbocycles. The van der Waals surface area contributed by atoms with Gasteiger partial charge < -0.3 is 13.8 Å². The van der Waals surface area contributed by atoms with Gasteiger partial charge in [0.25, 0.3) is 0 Å². The van der Waals surface area contributed by atoms with Crippen molar-refractivity contribution in [3.63, 3.8) is 0 Å². The monoisotopic (exact) mass is 500 g/mol. The van der Waals surface area contributed by atoms with E-state index < -0.39 is 30.0 Å². The predicted octanol–water partition coefficient (Wildman–Crippen LogP) is 3.99. The van der Waals surface area contributed by atoms with Crippen LogP contribution in [-0.2, 0) is 23.7 Å². The molecule has 1 aromatic rings. The Kier molecular flexibility index (Phi) is 9.45. The molecule has 0 aliphatic heterocycles.